The summed E-state index contributed by atoms with van der Waals surface area (Å²) in [6.07, 6.45) is -0.518. The third-order valence-corrected chi connectivity index (χ3v) is 5.90. The van der Waals surface area contributed by atoms with Gasteiger partial charge in [0.05, 0.1) is 0 Å². The maximum Gasteiger partial charge on any atom is 0.408 e. The number of fused-ring (bicyclic) bond motifs is 3. The molecule has 9 heteroatoms. The minimum Gasteiger partial charge on any atom is -0.480 e. The molecule has 2 aromatic rings. The normalized spacial score (nSPS) is 17.1. The molecule has 1 unspecified atom stereocenters. The number of carboxylic acids is 1. The Hall–Kier alpha value is -3.88. The third-order valence-electron chi connectivity index (χ3n) is 5.90. The fourth-order valence-corrected chi connectivity index (χ4v) is 4.26. The molecule has 1 aliphatic heterocycles. The van der Waals surface area contributed by atoms with Crippen LogP contribution in [0, 0.1) is 5.92 Å². The first-order valence-electron chi connectivity index (χ1n) is 11.0. The molecule has 4 rings (SSSR count). The predicted molar refractivity (Wildman–Crippen MR) is 118 cm³/mol. The van der Waals surface area contributed by atoms with Gasteiger partial charge < -0.3 is 24.6 Å². The van der Waals surface area contributed by atoms with Gasteiger partial charge in [-0.05, 0) is 47.1 Å². The van der Waals surface area contributed by atoms with Crippen LogP contribution in [0.25, 0.3) is 11.1 Å². The van der Waals surface area contributed by atoms with E-state index in [1.54, 1.807) is 0 Å². The smallest absolute Gasteiger partial charge is 0.408 e. The zero-order valence-electron chi connectivity index (χ0n) is 18.8. The zero-order valence-corrected chi connectivity index (χ0v) is 18.8. The summed E-state index contributed by atoms with van der Waals surface area (Å²) in [5.41, 5.74) is 5.35. The summed E-state index contributed by atoms with van der Waals surface area (Å²) in [7, 11) is 0. The number of nitrogens with one attached hydrogen (secondary N) is 1. The molecule has 0 saturated carbocycles. The quantitative estimate of drug-likeness (QED) is 0.401. The standard InChI is InChI=1S/C25H25NO8/c1-25(2)33-22(29)18(23(30)34-25)10-11-20(21(27)28)26-24(31)32-13-15-7-5-9-17-16-8-4-3-6-14(16)12-19(15)17/h3-9,18,20H,10-13H2,1-2H3,(H,26,31)(H,27,28). The Bertz CT molecular complexity index is 1140. The maximum atomic E-state index is 12.3. The van der Waals surface area contributed by atoms with E-state index in [0.29, 0.717) is 0 Å². The molecule has 1 atom stereocenters. The van der Waals surface area contributed by atoms with Gasteiger partial charge in [0, 0.05) is 13.8 Å². The summed E-state index contributed by atoms with van der Waals surface area (Å²) < 4.78 is 15.4. The van der Waals surface area contributed by atoms with Crippen molar-refractivity contribution in [1.82, 2.24) is 5.32 Å². The molecule has 1 heterocycles. The Morgan fingerprint density at radius 1 is 1.09 bits per heavy atom. The van der Waals surface area contributed by atoms with Crippen molar-refractivity contribution in [2.45, 2.75) is 51.5 Å². The van der Waals surface area contributed by atoms with Gasteiger partial charge in [-0.2, -0.15) is 0 Å². The van der Waals surface area contributed by atoms with E-state index in [-0.39, 0.29) is 19.4 Å². The number of carboxylic acid groups (broad SMARTS) is 1. The molecule has 1 saturated heterocycles. The van der Waals surface area contributed by atoms with E-state index >= 15 is 0 Å². The summed E-state index contributed by atoms with van der Waals surface area (Å²) >= 11 is 0. The average Bonchev–Trinajstić information content (AvgIpc) is 3.14. The molecule has 0 radical (unpaired) electrons. The molecule has 2 aromatic carbocycles. The van der Waals surface area contributed by atoms with E-state index in [2.05, 4.69) is 17.4 Å². The van der Waals surface area contributed by atoms with Gasteiger partial charge in [-0.15, -0.1) is 0 Å². The predicted octanol–water partition coefficient (Wildman–Crippen LogP) is 3.17. The van der Waals surface area contributed by atoms with E-state index in [9.17, 15) is 24.3 Å². The van der Waals surface area contributed by atoms with Crippen molar-refractivity contribution in [2.75, 3.05) is 0 Å². The molecule has 1 fully saturated rings. The van der Waals surface area contributed by atoms with Crippen molar-refractivity contribution in [3.8, 4) is 11.1 Å². The summed E-state index contributed by atoms with van der Waals surface area (Å²) in [5.74, 6) is -5.50. The van der Waals surface area contributed by atoms with Gasteiger partial charge in [0.2, 0.25) is 0 Å². The lowest BCUT2D eigenvalue weighted by atomic mass is 9.99. The Labute approximate surface area is 196 Å². The van der Waals surface area contributed by atoms with Crippen LogP contribution in [0.3, 0.4) is 0 Å². The van der Waals surface area contributed by atoms with Gasteiger partial charge in [0.25, 0.3) is 5.79 Å². The highest BCUT2D eigenvalue weighted by molar-refractivity contribution is 5.96. The second kappa shape index (κ2) is 9.17. The number of ether oxygens (including phenoxy) is 3. The van der Waals surface area contributed by atoms with E-state index < -0.39 is 41.7 Å². The largest absolute Gasteiger partial charge is 0.480 e. The Kier molecular flexibility index (Phi) is 6.28. The molecule has 2 N–H and O–H groups in total. The number of aliphatic carboxylic acids is 1. The second-order valence-corrected chi connectivity index (χ2v) is 8.76. The van der Waals surface area contributed by atoms with Crippen LogP contribution >= 0.6 is 0 Å². The van der Waals surface area contributed by atoms with Crippen LogP contribution in [0.5, 0.6) is 0 Å². The van der Waals surface area contributed by atoms with E-state index in [0.717, 1.165) is 28.7 Å². The summed E-state index contributed by atoms with van der Waals surface area (Å²) in [4.78, 5) is 48.1. The first kappa shape index (κ1) is 23.3. The number of hydrogen-bond acceptors (Lipinski definition) is 7. The molecular formula is C25H25NO8. The highest BCUT2D eigenvalue weighted by atomic mass is 16.7. The first-order valence-corrected chi connectivity index (χ1v) is 11.0. The molecule has 178 valence electrons. The van der Waals surface area contributed by atoms with Crippen LogP contribution in [-0.2, 0) is 41.6 Å². The minimum absolute atomic E-state index is 0.0221. The van der Waals surface area contributed by atoms with Gasteiger partial charge in [-0.1, -0.05) is 42.5 Å². The summed E-state index contributed by atoms with van der Waals surface area (Å²) in [6, 6.07) is 12.5. The number of esters is 2. The van der Waals surface area contributed by atoms with Gasteiger partial charge in [0.15, 0.2) is 5.92 Å². The summed E-state index contributed by atoms with van der Waals surface area (Å²) in [6.45, 7) is 2.83. The van der Waals surface area contributed by atoms with Gasteiger partial charge in [0.1, 0.15) is 12.6 Å². The van der Waals surface area contributed by atoms with E-state index in [1.807, 2.05) is 30.3 Å². The fourth-order valence-electron chi connectivity index (χ4n) is 4.26. The molecular weight excluding hydrogens is 442 g/mol. The minimum atomic E-state index is -1.36. The second-order valence-electron chi connectivity index (χ2n) is 8.76. The van der Waals surface area contributed by atoms with Crippen LogP contribution in [0.15, 0.2) is 42.5 Å². The van der Waals surface area contributed by atoms with Gasteiger partial charge in [-0.25, -0.2) is 9.59 Å². The molecule has 9 nitrogen and oxygen atoms in total. The third kappa shape index (κ3) is 4.88. The number of benzene rings is 2. The summed E-state index contributed by atoms with van der Waals surface area (Å²) in [5, 5.41) is 11.8. The molecule has 34 heavy (non-hydrogen) atoms. The average molecular weight is 467 g/mol. The maximum absolute atomic E-state index is 12.3. The zero-order chi connectivity index (χ0) is 24.5. The van der Waals surface area contributed by atoms with Crippen molar-refractivity contribution in [2.24, 2.45) is 5.92 Å². The number of alkyl carbamates (subject to hydrolysis) is 1. The number of rotatable bonds is 7. The molecule has 0 aromatic heterocycles. The lowest BCUT2D eigenvalue weighted by molar-refractivity contribution is -0.240. The number of hydrogen-bond donors (Lipinski definition) is 2. The molecule has 2 aliphatic rings. The van der Waals surface area contributed by atoms with Gasteiger partial charge >= 0.3 is 24.0 Å². The highest BCUT2D eigenvalue weighted by Crippen LogP contribution is 2.38. The Morgan fingerprint density at radius 3 is 2.47 bits per heavy atom. The number of carbonyl (C=O) groups is 4. The topological polar surface area (TPSA) is 128 Å². The number of amides is 1. The Morgan fingerprint density at radius 2 is 1.76 bits per heavy atom. The molecule has 1 aliphatic carbocycles. The van der Waals surface area contributed by atoms with Gasteiger partial charge in [-0.3, -0.25) is 9.59 Å². The van der Waals surface area contributed by atoms with Crippen molar-refractivity contribution >= 4 is 24.0 Å². The first-order chi connectivity index (χ1) is 16.1. The van der Waals surface area contributed by atoms with Crippen molar-refractivity contribution in [3.63, 3.8) is 0 Å². The van der Waals surface area contributed by atoms with Crippen molar-refractivity contribution < 1.29 is 38.5 Å². The van der Waals surface area contributed by atoms with Crippen LogP contribution in [0.4, 0.5) is 4.79 Å². The fraction of sp³-hybridized carbons (Fsp3) is 0.360. The van der Waals surface area contributed by atoms with Crippen LogP contribution in [0.1, 0.15) is 43.4 Å². The van der Waals surface area contributed by atoms with Crippen LogP contribution in [-0.4, -0.2) is 40.9 Å². The van der Waals surface area contributed by atoms with Crippen LogP contribution in [0.2, 0.25) is 0 Å². The molecule has 0 spiro atoms. The van der Waals surface area contributed by atoms with Crippen LogP contribution < -0.4 is 5.32 Å². The molecule has 1 amide bonds. The number of carbonyl (C=O) groups excluding carboxylic acids is 3. The SMILES string of the molecule is CC1(C)OC(=O)C(CCC(NC(=O)OCc2cccc3c2Cc2ccccc2-3)C(=O)O)C(=O)O1. The highest BCUT2D eigenvalue weighted by Gasteiger charge is 2.43. The Balaban J connectivity index is 1.34. The lowest BCUT2D eigenvalue weighted by Gasteiger charge is -2.33. The van der Waals surface area contributed by atoms with Crippen molar-refractivity contribution in [1.29, 1.82) is 0 Å². The lowest BCUT2D eigenvalue weighted by Crippen LogP contribution is -2.47. The molecule has 0 bridgehead atoms. The van der Waals surface area contributed by atoms with E-state index in [1.165, 1.54) is 19.4 Å². The van der Waals surface area contributed by atoms with E-state index in [4.69, 9.17) is 14.2 Å². The monoisotopic (exact) mass is 467 g/mol. The number of cyclic esters (lactones) is 2. The van der Waals surface area contributed by atoms with Crippen molar-refractivity contribution in [3.05, 3.63) is 59.2 Å².